The summed E-state index contributed by atoms with van der Waals surface area (Å²) in [7, 11) is 0. The number of hydrogen-bond donors (Lipinski definition) is 2. The molecule has 138 valence electrons. The Labute approximate surface area is 158 Å². The number of guanidine groups is 1. The SMILES string of the molecule is c1csc(CCNC(=NCC2CC2)Nc2ccc3c(c2)OCCCO3)c1. The van der Waals surface area contributed by atoms with Gasteiger partial charge < -0.3 is 20.1 Å². The van der Waals surface area contributed by atoms with E-state index in [1.165, 1.54) is 17.7 Å². The van der Waals surface area contributed by atoms with Crippen molar-refractivity contribution in [2.75, 3.05) is 31.6 Å². The lowest BCUT2D eigenvalue weighted by Crippen LogP contribution is -2.32. The number of ether oxygens (including phenoxy) is 2. The van der Waals surface area contributed by atoms with Crippen LogP contribution in [0, 0.1) is 5.92 Å². The van der Waals surface area contributed by atoms with Crippen molar-refractivity contribution in [3.8, 4) is 11.5 Å². The summed E-state index contributed by atoms with van der Waals surface area (Å²) < 4.78 is 11.5. The summed E-state index contributed by atoms with van der Waals surface area (Å²) in [6.45, 7) is 3.15. The summed E-state index contributed by atoms with van der Waals surface area (Å²) in [5.41, 5.74) is 0.965. The first-order chi connectivity index (χ1) is 12.9. The molecule has 1 aromatic heterocycles. The lowest BCUT2D eigenvalue weighted by molar-refractivity contribution is 0.297. The van der Waals surface area contributed by atoms with Gasteiger partial charge in [0.25, 0.3) is 0 Å². The van der Waals surface area contributed by atoms with Crippen LogP contribution in [-0.4, -0.2) is 32.3 Å². The van der Waals surface area contributed by atoms with Gasteiger partial charge in [0.15, 0.2) is 17.5 Å². The highest BCUT2D eigenvalue weighted by Gasteiger charge is 2.20. The van der Waals surface area contributed by atoms with Gasteiger partial charge in [-0.1, -0.05) is 6.07 Å². The third-order valence-electron chi connectivity index (χ3n) is 4.46. The van der Waals surface area contributed by atoms with Crippen LogP contribution in [0.2, 0.25) is 0 Å². The number of fused-ring (bicyclic) bond motifs is 1. The molecular formula is C20H25N3O2S. The van der Waals surface area contributed by atoms with Crippen LogP contribution >= 0.6 is 11.3 Å². The molecule has 26 heavy (non-hydrogen) atoms. The maximum absolute atomic E-state index is 5.79. The second-order valence-corrected chi connectivity index (χ2v) is 7.76. The van der Waals surface area contributed by atoms with Crippen molar-refractivity contribution >= 4 is 23.0 Å². The van der Waals surface area contributed by atoms with Crippen molar-refractivity contribution in [1.82, 2.24) is 5.32 Å². The molecule has 1 aromatic carbocycles. The second kappa shape index (κ2) is 8.45. The van der Waals surface area contributed by atoms with E-state index in [0.29, 0.717) is 13.2 Å². The van der Waals surface area contributed by atoms with E-state index in [1.807, 2.05) is 18.2 Å². The molecule has 2 N–H and O–H groups in total. The van der Waals surface area contributed by atoms with E-state index in [0.717, 1.165) is 55.0 Å². The van der Waals surface area contributed by atoms with Gasteiger partial charge in [-0.3, -0.25) is 4.99 Å². The fourth-order valence-corrected chi connectivity index (χ4v) is 3.51. The second-order valence-electron chi connectivity index (χ2n) is 6.73. The number of rotatable bonds is 6. The molecule has 0 bridgehead atoms. The van der Waals surface area contributed by atoms with Gasteiger partial charge in [0.1, 0.15) is 0 Å². The van der Waals surface area contributed by atoms with Crippen molar-refractivity contribution in [1.29, 1.82) is 0 Å². The van der Waals surface area contributed by atoms with Gasteiger partial charge in [-0.25, -0.2) is 0 Å². The van der Waals surface area contributed by atoms with Crippen LogP contribution in [0.15, 0.2) is 40.7 Å². The molecule has 0 unspecified atom stereocenters. The smallest absolute Gasteiger partial charge is 0.195 e. The summed E-state index contributed by atoms with van der Waals surface area (Å²) in [6.07, 6.45) is 4.52. The minimum Gasteiger partial charge on any atom is -0.490 e. The summed E-state index contributed by atoms with van der Waals surface area (Å²) in [5, 5.41) is 8.99. The number of hydrogen-bond acceptors (Lipinski definition) is 4. The molecular weight excluding hydrogens is 346 g/mol. The van der Waals surface area contributed by atoms with Gasteiger partial charge in [-0.15, -0.1) is 11.3 Å². The van der Waals surface area contributed by atoms with Gasteiger partial charge in [0, 0.05) is 36.1 Å². The Balaban J connectivity index is 1.40. The van der Waals surface area contributed by atoms with E-state index in [1.54, 1.807) is 11.3 Å². The van der Waals surface area contributed by atoms with E-state index < -0.39 is 0 Å². The standard InChI is InChI=1S/C20H25N3O2S/c1-3-17(26-12-1)8-9-21-20(22-14-15-4-5-15)23-16-6-7-18-19(13-16)25-11-2-10-24-18/h1,3,6-7,12-13,15H,2,4-5,8-11,14H2,(H2,21,22,23). The third kappa shape index (κ3) is 4.91. The number of nitrogens with zero attached hydrogens (tertiary/aromatic N) is 1. The molecule has 0 atom stereocenters. The average Bonchev–Trinajstić information content (AvgIpc) is 3.39. The summed E-state index contributed by atoms with van der Waals surface area (Å²) in [5.74, 6) is 3.21. The molecule has 4 rings (SSSR count). The fourth-order valence-electron chi connectivity index (χ4n) is 2.80. The van der Waals surface area contributed by atoms with Crippen LogP contribution in [0.5, 0.6) is 11.5 Å². The maximum Gasteiger partial charge on any atom is 0.195 e. The molecule has 2 heterocycles. The van der Waals surface area contributed by atoms with Gasteiger partial charge in [0.2, 0.25) is 0 Å². The molecule has 1 saturated carbocycles. The van der Waals surface area contributed by atoms with Gasteiger partial charge >= 0.3 is 0 Å². The summed E-state index contributed by atoms with van der Waals surface area (Å²) in [6, 6.07) is 10.2. The van der Waals surface area contributed by atoms with Crippen LogP contribution in [0.4, 0.5) is 5.69 Å². The van der Waals surface area contributed by atoms with Crippen molar-refractivity contribution in [2.24, 2.45) is 10.9 Å². The minimum atomic E-state index is 0.693. The normalized spacial score (nSPS) is 16.8. The van der Waals surface area contributed by atoms with Gasteiger partial charge in [-0.2, -0.15) is 0 Å². The number of thiophene rings is 1. The van der Waals surface area contributed by atoms with E-state index >= 15 is 0 Å². The van der Waals surface area contributed by atoms with Crippen LogP contribution in [0.3, 0.4) is 0 Å². The van der Waals surface area contributed by atoms with Crippen LogP contribution in [-0.2, 0) is 6.42 Å². The zero-order chi connectivity index (χ0) is 17.6. The Morgan fingerprint density at radius 2 is 2.04 bits per heavy atom. The van der Waals surface area contributed by atoms with Gasteiger partial charge in [-0.05, 0) is 48.8 Å². The average molecular weight is 372 g/mol. The molecule has 0 amide bonds. The Kier molecular flexibility index (Phi) is 5.59. The highest BCUT2D eigenvalue weighted by Crippen LogP contribution is 2.32. The Bertz CT molecular complexity index is 742. The van der Waals surface area contributed by atoms with Crippen molar-refractivity contribution < 1.29 is 9.47 Å². The van der Waals surface area contributed by atoms with E-state index in [4.69, 9.17) is 14.5 Å². The first-order valence-electron chi connectivity index (χ1n) is 9.34. The Morgan fingerprint density at radius 1 is 1.15 bits per heavy atom. The zero-order valence-corrected chi connectivity index (χ0v) is 15.7. The lowest BCUT2D eigenvalue weighted by atomic mass is 10.2. The van der Waals surface area contributed by atoms with Crippen LogP contribution < -0.4 is 20.1 Å². The number of aliphatic imine (C=N–C) groups is 1. The predicted molar refractivity (Wildman–Crippen MR) is 107 cm³/mol. The van der Waals surface area contributed by atoms with E-state index in [2.05, 4.69) is 28.1 Å². The highest BCUT2D eigenvalue weighted by molar-refractivity contribution is 7.09. The van der Waals surface area contributed by atoms with E-state index in [-0.39, 0.29) is 0 Å². The largest absolute Gasteiger partial charge is 0.490 e. The topological polar surface area (TPSA) is 54.9 Å². The molecule has 1 fully saturated rings. The molecule has 1 aliphatic carbocycles. The number of anilines is 1. The molecule has 5 nitrogen and oxygen atoms in total. The third-order valence-corrected chi connectivity index (χ3v) is 5.39. The maximum atomic E-state index is 5.79. The summed E-state index contributed by atoms with van der Waals surface area (Å²) >= 11 is 1.79. The quantitative estimate of drug-likeness (QED) is 0.597. The van der Waals surface area contributed by atoms with Gasteiger partial charge in [0.05, 0.1) is 13.2 Å². The molecule has 0 radical (unpaired) electrons. The first-order valence-corrected chi connectivity index (χ1v) is 10.2. The molecule has 0 spiro atoms. The number of nitrogens with one attached hydrogen (secondary N) is 2. The van der Waals surface area contributed by atoms with Crippen molar-refractivity contribution in [3.63, 3.8) is 0 Å². The molecule has 1 aliphatic heterocycles. The first kappa shape index (κ1) is 17.2. The molecule has 2 aromatic rings. The number of benzene rings is 1. The van der Waals surface area contributed by atoms with Crippen LogP contribution in [0.1, 0.15) is 24.1 Å². The monoisotopic (exact) mass is 371 g/mol. The van der Waals surface area contributed by atoms with Crippen molar-refractivity contribution in [3.05, 3.63) is 40.6 Å². The minimum absolute atomic E-state index is 0.693. The van der Waals surface area contributed by atoms with Crippen molar-refractivity contribution in [2.45, 2.75) is 25.7 Å². The molecule has 2 aliphatic rings. The molecule has 6 heteroatoms. The fraction of sp³-hybridized carbons (Fsp3) is 0.450. The van der Waals surface area contributed by atoms with E-state index in [9.17, 15) is 0 Å². The zero-order valence-electron chi connectivity index (χ0n) is 14.9. The molecule has 0 saturated heterocycles. The Hall–Kier alpha value is -2.21. The Morgan fingerprint density at radius 3 is 2.85 bits per heavy atom. The predicted octanol–water partition coefficient (Wildman–Crippen LogP) is 3.92. The lowest BCUT2D eigenvalue weighted by Gasteiger charge is -2.14. The summed E-state index contributed by atoms with van der Waals surface area (Å²) in [4.78, 5) is 6.14. The highest BCUT2D eigenvalue weighted by atomic mass is 32.1. The van der Waals surface area contributed by atoms with Crippen LogP contribution in [0.25, 0.3) is 0 Å².